The van der Waals surface area contributed by atoms with E-state index in [1.807, 2.05) is 24.3 Å². The Hall–Kier alpha value is -3.46. The van der Waals surface area contributed by atoms with E-state index in [9.17, 15) is 9.59 Å². The first-order valence-corrected chi connectivity index (χ1v) is 9.55. The summed E-state index contributed by atoms with van der Waals surface area (Å²) in [6.07, 6.45) is 0. The SMILES string of the molecule is COc1ccc(-c2nnc(NC(=O)C(C)NC(=O)c3cccc(OC)c3)s2)cc1. The van der Waals surface area contributed by atoms with E-state index in [2.05, 4.69) is 20.8 Å². The summed E-state index contributed by atoms with van der Waals surface area (Å²) in [6, 6.07) is 13.3. The van der Waals surface area contributed by atoms with Gasteiger partial charge in [-0.15, -0.1) is 10.2 Å². The van der Waals surface area contributed by atoms with Crippen molar-refractivity contribution in [3.63, 3.8) is 0 Å². The first kappa shape index (κ1) is 20.3. The number of nitrogens with one attached hydrogen (secondary N) is 2. The fourth-order valence-corrected chi connectivity index (χ4v) is 3.20. The molecule has 9 heteroatoms. The number of carbonyl (C=O) groups is 2. The fourth-order valence-electron chi connectivity index (χ4n) is 2.45. The van der Waals surface area contributed by atoms with Gasteiger partial charge in [-0.05, 0) is 49.4 Å². The second kappa shape index (κ2) is 9.16. The molecule has 8 nitrogen and oxygen atoms in total. The summed E-state index contributed by atoms with van der Waals surface area (Å²) in [5, 5.41) is 14.4. The molecular formula is C20H20N4O4S. The maximum atomic E-state index is 12.4. The average molecular weight is 412 g/mol. The Bertz CT molecular complexity index is 1000. The van der Waals surface area contributed by atoms with E-state index in [1.165, 1.54) is 18.4 Å². The van der Waals surface area contributed by atoms with Gasteiger partial charge in [-0.2, -0.15) is 0 Å². The van der Waals surface area contributed by atoms with Crippen LogP contribution in [0, 0.1) is 0 Å². The molecule has 3 rings (SSSR count). The normalized spacial score (nSPS) is 11.4. The van der Waals surface area contributed by atoms with Crippen molar-refractivity contribution in [3.05, 3.63) is 54.1 Å². The smallest absolute Gasteiger partial charge is 0.252 e. The van der Waals surface area contributed by atoms with Crippen molar-refractivity contribution in [2.75, 3.05) is 19.5 Å². The van der Waals surface area contributed by atoms with E-state index in [4.69, 9.17) is 9.47 Å². The molecule has 2 amide bonds. The van der Waals surface area contributed by atoms with Crippen molar-refractivity contribution in [3.8, 4) is 22.1 Å². The van der Waals surface area contributed by atoms with Gasteiger partial charge >= 0.3 is 0 Å². The lowest BCUT2D eigenvalue weighted by Gasteiger charge is -2.13. The van der Waals surface area contributed by atoms with Gasteiger partial charge in [-0.3, -0.25) is 14.9 Å². The Morgan fingerprint density at radius 1 is 1.00 bits per heavy atom. The zero-order valence-electron chi connectivity index (χ0n) is 16.1. The highest BCUT2D eigenvalue weighted by Crippen LogP contribution is 2.27. The molecule has 0 radical (unpaired) electrons. The Balaban J connectivity index is 1.60. The number of amides is 2. The Morgan fingerprint density at radius 3 is 2.41 bits per heavy atom. The number of rotatable bonds is 7. The number of nitrogens with zero attached hydrogens (tertiary/aromatic N) is 2. The highest BCUT2D eigenvalue weighted by Gasteiger charge is 2.19. The molecule has 1 atom stereocenters. The minimum Gasteiger partial charge on any atom is -0.497 e. The molecule has 2 aromatic carbocycles. The van der Waals surface area contributed by atoms with Gasteiger partial charge in [0.05, 0.1) is 14.2 Å². The van der Waals surface area contributed by atoms with Gasteiger partial charge in [0.15, 0.2) is 0 Å². The van der Waals surface area contributed by atoms with E-state index >= 15 is 0 Å². The second-order valence-electron chi connectivity index (χ2n) is 6.06. The summed E-state index contributed by atoms with van der Waals surface area (Å²) in [5.74, 6) is 0.545. The van der Waals surface area contributed by atoms with Crippen molar-refractivity contribution in [1.82, 2.24) is 15.5 Å². The van der Waals surface area contributed by atoms with Gasteiger partial charge in [0, 0.05) is 11.1 Å². The fraction of sp³-hybridized carbons (Fsp3) is 0.200. The third kappa shape index (κ3) is 5.08. The number of carbonyl (C=O) groups excluding carboxylic acids is 2. The van der Waals surface area contributed by atoms with E-state index in [-0.39, 0.29) is 5.91 Å². The van der Waals surface area contributed by atoms with Crippen LogP contribution in [0.2, 0.25) is 0 Å². The van der Waals surface area contributed by atoms with Crippen molar-refractivity contribution >= 4 is 28.3 Å². The van der Waals surface area contributed by atoms with Crippen LogP contribution in [0.5, 0.6) is 11.5 Å². The lowest BCUT2D eigenvalue weighted by Crippen LogP contribution is -2.41. The highest BCUT2D eigenvalue weighted by molar-refractivity contribution is 7.18. The molecule has 0 aliphatic carbocycles. The molecule has 0 aliphatic rings. The number of aromatic nitrogens is 2. The third-order valence-electron chi connectivity index (χ3n) is 4.06. The van der Waals surface area contributed by atoms with Crippen LogP contribution in [0.15, 0.2) is 48.5 Å². The minimum atomic E-state index is -0.762. The van der Waals surface area contributed by atoms with E-state index in [1.54, 1.807) is 38.3 Å². The average Bonchev–Trinajstić information content (AvgIpc) is 3.22. The zero-order valence-corrected chi connectivity index (χ0v) is 16.9. The number of ether oxygens (including phenoxy) is 2. The molecule has 2 N–H and O–H groups in total. The van der Waals surface area contributed by atoms with Crippen LogP contribution < -0.4 is 20.1 Å². The van der Waals surface area contributed by atoms with Crippen molar-refractivity contribution in [2.24, 2.45) is 0 Å². The number of hydrogen-bond acceptors (Lipinski definition) is 7. The Kier molecular flexibility index (Phi) is 6.40. The number of anilines is 1. The van der Waals surface area contributed by atoms with Crippen LogP contribution in [-0.2, 0) is 4.79 Å². The quantitative estimate of drug-likeness (QED) is 0.619. The topological polar surface area (TPSA) is 102 Å². The standard InChI is InChI=1S/C20H20N4O4S/c1-12(21-18(26)14-5-4-6-16(11-14)28-3)17(25)22-20-24-23-19(29-20)13-7-9-15(27-2)10-8-13/h4-12H,1-3H3,(H,21,26)(H,22,24,25). The molecule has 0 saturated heterocycles. The van der Waals surface area contributed by atoms with Crippen LogP contribution >= 0.6 is 11.3 Å². The summed E-state index contributed by atoms with van der Waals surface area (Å²) in [4.78, 5) is 24.7. The molecule has 1 unspecified atom stereocenters. The molecule has 0 spiro atoms. The molecule has 0 bridgehead atoms. The molecule has 0 aliphatic heterocycles. The second-order valence-corrected chi connectivity index (χ2v) is 7.03. The van der Waals surface area contributed by atoms with E-state index < -0.39 is 11.9 Å². The zero-order chi connectivity index (χ0) is 20.8. The summed E-state index contributed by atoms with van der Waals surface area (Å²) in [5.41, 5.74) is 1.27. The van der Waals surface area contributed by atoms with Gasteiger partial charge in [0.2, 0.25) is 11.0 Å². The third-order valence-corrected chi connectivity index (χ3v) is 4.95. The van der Waals surface area contributed by atoms with Gasteiger partial charge < -0.3 is 14.8 Å². The van der Waals surface area contributed by atoms with Gasteiger partial charge in [0.25, 0.3) is 5.91 Å². The largest absolute Gasteiger partial charge is 0.497 e. The number of hydrogen-bond donors (Lipinski definition) is 2. The van der Waals surface area contributed by atoms with Gasteiger partial charge in [-0.25, -0.2) is 0 Å². The summed E-state index contributed by atoms with van der Waals surface area (Å²) in [7, 11) is 3.12. The maximum absolute atomic E-state index is 12.4. The molecule has 150 valence electrons. The molecular weight excluding hydrogens is 392 g/mol. The lowest BCUT2D eigenvalue weighted by atomic mass is 10.2. The summed E-state index contributed by atoms with van der Waals surface area (Å²) >= 11 is 1.24. The van der Waals surface area contributed by atoms with Crippen LogP contribution in [0.1, 0.15) is 17.3 Å². The van der Waals surface area contributed by atoms with Crippen LogP contribution in [0.3, 0.4) is 0 Å². The van der Waals surface area contributed by atoms with Crippen LogP contribution in [-0.4, -0.2) is 42.3 Å². The highest BCUT2D eigenvalue weighted by atomic mass is 32.1. The van der Waals surface area contributed by atoms with Crippen LogP contribution in [0.4, 0.5) is 5.13 Å². The first-order valence-electron chi connectivity index (χ1n) is 8.74. The molecule has 3 aromatic rings. The van der Waals surface area contributed by atoms with E-state index in [0.717, 1.165) is 11.3 Å². The van der Waals surface area contributed by atoms with Crippen molar-refractivity contribution in [2.45, 2.75) is 13.0 Å². The lowest BCUT2D eigenvalue weighted by molar-refractivity contribution is -0.117. The number of methoxy groups -OCH3 is 2. The van der Waals surface area contributed by atoms with Gasteiger partial charge in [-0.1, -0.05) is 17.4 Å². The predicted molar refractivity (Wildman–Crippen MR) is 110 cm³/mol. The minimum absolute atomic E-state index is 0.350. The Labute approximate surface area is 171 Å². The van der Waals surface area contributed by atoms with Gasteiger partial charge in [0.1, 0.15) is 22.5 Å². The Morgan fingerprint density at radius 2 is 1.72 bits per heavy atom. The van der Waals surface area contributed by atoms with Crippen molar-refractivity contribution < 1.29 is 19.1 Å². The predicted octanol–water partition coefficient (Wildman–Crippen LogP) is 2.98. The monoisotopic (exact) mass is 412 g/mol. The molecule has 29 heavy (non-hydrogen) atoms. The van der Waals surface area contributed by atoms with Crippen LogP contribution in [0.25, 0.3) is 10.6 Å². The summed E-state index contributed by atoms with van der Waals surface area (Å²) < 4.78 is 10.2. The molecule has 0 saturated carbocycles. The molecule has 0 fully saturated rings. The maximum Gasteiger partial charge on any atom is 0.252 e. The molecule has 1 heterocycles. The molecule has 1 aromatic heterocycles. The van der Waals surface area contributed by atoms with Crippen molar-refractivity contribution in [1.29, 1.82) is 0 Å². The summed E-state index contributed by atoms with van der Waals surface area (Å²) in [6.45, 7) is 1.60. The van der Waals surface area contributed by atoms with E-state index in [0.29, 0.717) is 21.5 Å². The first-order chi connectivity index (χ1) is 14.0. The number of benzene rings is 2.